The molecular formula is C17H17NO3. The van der Waals surface area contributed by atoms with Crippen LogP contribution in [0, 0.1) is 11.3 Å². The quantitative estimate of drug-likeness (QED) is 0.793. The maximum absolute atomic E-state index is 8.84. The summed E-state index contributed by atoms with van der Waals surface area (Å²) in [5.41, 5.74) is 1.65. The van der Waals surface area contributed by atoms with Crippen molar-refractivity contribution in [3.8, 4) is 17.6 Å². The standard InChI is InChI=1S/C17H17NO3/c18-13-15-2-1-3-17(12-15)21-11-10-20-16-6-4-14(5-7-16)8-9-19/h1-7,12,19H,8-11H2. The van der Waals surface area contributed by atoms with Crippen molar-refractivity contribution in [2.24, 2.45) is 0 Å². The van der Waals surface area contributed by atoms with Crippen LogP contribution in [0.4, 0.5) is 0 Å². The average molecular weight is 283 g/mol. The number of benzene rings is 2. The van der Waals surface area contributed by atoms with Gasteiger partial charge in [0, 0.05) is 6.61 Å². The van der Waals surface area contributed by atoms with Crippen LogP contribution in [0.2, 0.25) is 0 Å². The summed E-state index contributed by atoms with van der Waals surface area (Å²) in [7, 11) is 0. The van der Waals surface area contributed by atoms with Crippen molar-refractivity contribution < 1.29 is 14.6 Å². The second-order valence-electron chi connectivity index (χ2n) is 4.45. The highest BCUT2D eigenvalue weighted by Crippen LogP contribution is 2.14. The van der Waals surface area contributed by atoms with Gasteiger partial charge < -0.3 is 14.6 Å². The van der Waals surface area contributed by atoms with E-state index in [0.717, 1.165) is 11.3 Å². The molecule has 0 aliphatic heterocycles. The predicted octanol–water partition coefficient (Wildman–Crippen LogP) is 2.55. The summed E-state index contributed by atoms with van der Waals surface area (Å²) in [5, 5.41) is 17.6. The van der Waals surface area contributed by atoms with Gasteiger partial charge in [0.2, 0.25) is 0 Å². The Kier molecular flexibility index (Phi) is 5.62. The number of aliphatic hydroxyl groups excluding tert-OH is 1. The molecule has 0 aliphatic carbocycles. The fourth-order valence-electron chi connectivity index (χ4n) is 1.86. The van der Waals surface area contributed by atoms with Gasteiger partial charge in [-0.3, -0.25) is 0 Å². The summed E-state index contributed by atoms with van der Waals surface area (Å²) in [4.78, 5) is 0. The smallest absolute Gasteiger partial charge is 0.122 e. The molecule has 2 aromatic rings. The third-order valence-electron chi connectivity index (χ3n) is 2.91. The van der Waals surface area contributed by atoms with Gasteiger partial charge in [0.05, 0.1) is 11.6 Å². The molecule has 0 fully saturated rings. The van der Waals surface area contributed by atoms with Gasteiger partial charge in [-0.05, 0) is 42.3 Å². The first-order chi connectivity index (χ1) is 10.3. The Morgan fingerprint density at radius 1 is 0.952 bits per heavy atom. The Morgan fingerprint density at radius 2 is 1.67 bits per heavy atom. The van der Waals surface area contributed by atoms with Crippen LogP contribution in [-0.2, 0) is 6.42 Å². The van der Waals surface area contributed by atoms with Crippen LogP contribution in [0.1, 0.15) is 11.1 Å². The first-order valence-electron chi connectivity index (χ1n) is 6.77. The van der Waals surface area contributed by atoms with E-state index in [9.17, 15) is 0 Å². The molecule has 1 N–H and O–H groups in total. The third-order valence-corrected chi connectivity index (χ3v) is 2.91. The molecule has 0 saturated carbocycles. The van der Waals surface area contributed by atoms with E-state index in [2.05, 4.69) is 6.07 Å². The molecule has 0 radical (unpaired) electrons. The maximum atomic E-state index is 8.84. The van der Waals surface area contributed by atoms with E-state index in [1.165, 1.54) is 0 Å². The lowest BCUT2D eigenvalue weighted by Gasteiger charge is -2.09. The van der Waals surface area contributed by atoms with Crippen molar-refractivity contribution in [3.05, 3.63) is 59.7 Å². The first-order valence-corrected chi connectivity index (χ1v) is 6.77. The normalized spacial score (nSPS) is 9.90. The molecule has 0 saturated heterocycles. The van der Waals surface area contributed by atoms with Gasteiger partial charge in [-0.1, -0.05) is 18.2 Å². The second kappa shape index (κ2) is 7.93. The Hall–Kier alpha value is -2.51. The molecule has 108 valence electrons. The van der Waals surface area contributed by atoms with Gasteiger partial charge in [0.15, 0.2) is 0 Å². The van der Waals surface area contributed by atoms with Gasteiger partial charge in [0.1, 0.15) is 24.7 Å². The van der Waals surface area contributed by atoms with Crippen LogP contribution in [0.3, 0.4) is 0 Å². The lowest BCUT2D eigenvalue weighted by Crippen LogP contribution is -2.09. The van der Waals surface area contributed by atoms with Crippen molar-refractivity contribution in [1.82, 2.24) is 0 Å². The third kappa shape index (κ3) is 4.83. The van der Waals surface area contributed by atoms with Crippen LogP contribution >= 0.6 is 0 Å². The van der Waals surface area contributed by atoms with E-state index in [4.69, 9.17) is 19.8 Å². The lowest BCUT2D eigenvalue weighted by molar-refractivity contribution is 0.217. The van der Waals surface area contributed by atoms with E-state index in [1.54, 1.807) is 18.2 Å². The zero-order chi connectivity index (χ0) is 14.9. The van der Waals surface area contributed by atoms with E-state index < -0.39 is 0 Å². The second-order valence-corrected chi connectivity index (χ2v) is 4.45. The van der Waals surface area contributed by atoms with Gasteiger partial charge in [-0.15, -0.1) is 0 Å². The van der Waals surface area contributed by atoms with Gasteiger partial charge in [-0.25, -0.2) is 0 Å². The topological polar surface area (TPSA) is 62.5 Å². The van der Waals surface area contributed by atoms with Crippen molar-refractivity contribution in [3.63, 3.8) is 0 Å². The molecule has 2 rings (SSSR count). The Bertz CT molecular complexity index is 602. The average Bonchev–Trinajstić information content (AvgIpc) is 2.53. The van der Waals surface area contributed by atoms with Crippen molar-refractivity contribution in [1.29, 1.82) is 5.26 Å². The van der Waals surface area contributed by atoms with Crippen molar-refractivity contribution >= 4 is 0 Å². The van der Waals surface area contributed by atoms with E-state index >= 15 is 0 Å². The van der Waals surface area contributed by atoms with E-state index in [0.29, 0.717) is 30.9 Å². The molecule has 0 heterocycles. The summed E-state index contributed by atoms with van der Waals surface area (Å²) >= 11 is 0. The number of hydrogen-bond acceptors (Lipinski definition) is 4. The highest BCUT2D eigenvalue weighted by atomic mass is 16.5. The molecule has 0 amide bonds. The van der Waals surface area contributed by atoms with Gasteiger partial charge in [0.25, 0.3) is 0 Å². The number of hydrogen-bond donors (Lipinski definition) is 1. The van der Waals surface area contributed by atoms with Gasteiger partial charge in [-0.2, -0.15) is 5.26 Å². The molecule has 0 aliphatic rings. The molecule has 4 heteroatoms. The molecule has 4 nitrogen and oxygen atoms in total. The Morgan fingerprint density at radius 3 is 2.33 bits per heavy atom. The molecule has 0 unspecified atom stereocenters. The molecule has 0 spiro atoms. The Balaban J connectivity index is 1.75. The fourth-order valence-corrected chi connectivity index (χ4v) is 1.86. The molecule has 0 atom stereocenters. The highest BCUT2D eigenvalue weighted by molar-refractivity contribution is 5.36. The minimum Gasteiger partial charge on any atom is -0.490 e. The number of rotatable bonds is 7. The summed E-state index contributed by atoms with van der Waals surface area (Å²) < 4.78 is 11.1. The first kappa shape index (κ1) is 14.9. The number of nitriles is 1. The Labute approximate surface area is 124 Å². The largest absolute Gasteiger partial charge is 0.490 e. The molecule has 0 aromatic heterocycles. The fraction of sp³-hybridized carbons (Fsp3) is 0.235. The van der Waals surface area contributed by atoms with Crippen LogP contribution in [-0.4, -0.2) is 24.9 Å². The summed E-state index contributed by atoms with van der Waals surface area (Å²) in [5.74, 6) is 1.43. The lowest BCUT2D eigenvalue weighted by atomic mass is 10.1. The van der Waals surface area contributed by atoms with E-state index in [-0.39, 0.29) is 6.61 Å². The summed E-state index contributed by atoms with van der Waals surface area (Å²) in [6.07, 6.45) is 0.651. The number of aliphatic hydroxyl groups is 1. The summed E-state index contributed by atoms with van der Waals surface area (Å²) in [6, 6.07) is 16.7. The van der Waals surface area contributed by atoms with Crippen LogP contribution in [0.5, 0.6) is 11.5 Å². The van der Waals surface area contributed by atoms with Crippen LogP contribution in [0.15, 0.2) is 48.5 Å². The number of nitrogens with zero attached hydrogens (tertiary/aromatic N) is 1. The van der Waals surface area contributed by atoms with Gasteiger partial charge >= 0.3 is 0 Å². The van der Waals surface area contributed by atoms with Crippen LogP contribution < -0.4 is 9.47 Å². The zero-order valence-corrected chi connectivity index (χ0v) is 11.7. The predicted molar refractivity (Wildman–Crippen MR) is 79.4 cm³/mol. The zero-order valence-electron chi connectivity index (χ0n) is 11.7. The molecular weight excluding hydrogens is 266 g/mol. The highest BCUT2D eigenvalue weighted by Gasteiger charge is 1.98. The van der Waals surface area contributed by atoms with Crippen molar-refractivity contribution in [2.45, 2.75) is 6.42 Å². The van der Waals surface area contributed by atoms with Crippen molar-refractivity contribution in [2.75, 3.05) is 19.8 Å². The summed E-state index contributed by atoms with van der Waals surface area (Å²) in [6.45, 7) is 0.985. The SMILES string of the molecule is N#Cc1cccc(OCCOc2ccc(CCO)cc2)c1. The minimum absolute atomic E-state index is 0.149. The van der Waals surface area contributed by atoms with E-state index in [1.807, 2.05) is 30.3 Å². The maximum Gasteiger partial charge on any atom is 0.122 e. The molecule has 0 bridgehead atoms. The minimum atomic E-state index is 0.149. The monoisotopic (exact) mass is 283 g/mol. The number of ether oxygens (including phenoxy) is 2. The molecule has 21 heavy (non-hydrogen) atoms. The van der Waals surface area contributed by atoms with Crippen LogP contribution in [0.25, 0.3) is 0 Å². The molecule has 2 aromatic carbocycles.